The first kappa shape index (κ1) is 9.00. The van der Waals surface area contributed by atoms with Gasteiger partial charge in [0.05, 0.1) is 19.3 Å². The van der Waals surface area contributed by atoms with Gasteiger partial charge in [-0.05, 0) is 25.7 Å². The van der Waals surface area contributed by atoms with Crippen molar-refractivity contribution in [3.63, 3.8) is 0 Å². The van der Waals surface area contributed by atoms with Crippen LogP contribution in [-0.2, 0) is 9.53 Å². The van der Waals surface area contributed by atoms with Crippen LogP contribution >= 0.6 is 0 Å². The van der Waals surface area contributed by atoms with E-state index in [1.807, 2.05) is 4.90 Å². The average molecular weight is 183 g/mol. The van der Waals surface area contributed by atoms with Gasteiger partial charge in [-0.1, -0.05) is 0 Å². The van der Waals surface area contributed by atoms with Crippen LogP contribution in [0.2, 0.25) is 0 Å². The van der Waals surface area contributed by atoms with Crippen LogP contribution in [0.25, 0.3) is 0 Å². The third kappa shape index (κ3) is 2.21. The second-order valence-corrected chi connectivity index (χ2v) is 4.16. The SMILES string of the molecule is CC1COCCN1C(=O)CC1CC1. The molecule has 3 heteroatoms. The van der Waals surface area contributed by atoms with Crippen molar-refractivity contribution in [1.29, 1.82) is 0 Å². The van der Waals surface area contributed by atoms with Gasteiger partial charge in [-0.25, -0.2) is 0 Å². The van der Waals surface area contributed by atoms with Gasteiger partial charge in [-0.2, -0.15) is 0 Å². The number of hydrogen-bond acceptors (Lipinski definition) is 2. The minimum Gasteiger partial charge on any atom is -0.377 e. The number of ether oxygens (including phenoxy) is 1. The average Bonchev–Trinajstić information content (AvgIpc) is 2.89. The van der Waals surface area contributed by atoms with Gasteiger partial charge in [0.2, 0.25) is 5.91 Å². The fourth-order valence-electron chi connectivity index (χ4n) is 1.78. The van der Waals surface area contributed by atoms with Crippen molar-refractivity contribution in [3.05, 3.63) is 0 Å². The second kappa shape index (κ2) is 3.66. The van der Waals surface area contributed by atoms with Crippen molar-refractivity contribution in [1.82, 2.24) is 4.90 Å². The van der Waals surface area contributed by atoms with E-state index in [0.29, 0.717) is 25.0 Å². The number of amides is 1. The number of nitrogens with zero attached hydrogens (tertiary/aromatic N) is 1. The lowest BCUT2D eigenvalue weighted by atomic mass is 10.2. The highest BCUT2D eigenvalue weighted by molar-refractivity contribution is 5.77. The summed E-state index contributed by atoms with van der Waals surface area (Å²) in [4.78, 5) is 13.7. The van der Waals surface area contributed by atoms with Crippen molar-refractivity contribution in [2.45, 2.75) is 32.2 Å². The first-order valence-corrected chi connectivity index (χ1v) is 5.14. The van der Waals surface area contributed by atoms with Crippen LogP contribution in [0.15, 0.2) is 0 Å². The summed E-state index contributed by atoms with van der Waals surface area (Å²) in [5.74, 6) is 1.03. The third-order valence-electron chi connectivity index (χ3n) is 2.85. The summed E-state index contributed by atoms with van der Waals surface area (Å²) >= 11 is 0. The van der Waals surface area contributed by atoms with Crippen LogP contribution in [0.3, 0.4) is 0 Å². The third-order valence-corrected chi connectivity index (χ3v) is 2.85. The molecule has 3 nitrogen and oxygen atoms in total. The molecule has 1 aliphatic carbocycles. The van der Waals surface area contributed by atoms with E-state index in [1.165, 1.54) is 12.8 Å². The predicted octanol–water partition coefficient (Wildman–Crippen LogP) is 1.03. The Morgan fingerprint density at radius 2 is 2.31 bits per heavy atom. The van der Waals surface area contributed by atoms with Crippen LogP contribution in [0.1, 0.15) is 26.2 Å². The molecule has 1 aliphatic heterocycles. The molecule has 0 aromatic rings. The second-order valence-electron chi connectivity index (χ2n) is 4.16. The molecule has 1 saturated carbocycles. The summed E-state index contributed by atoms with van der Waals surface area (Å²) in [6.45, 7) is 4.26. The summed E-state index contributed by atoms with van der Waals surface area (Å²) in [5, 5.41) is 0. The van der Waals surface area contributed by atoms with Gasteiger partial charge >= 0.3 is 0 Å². The Hall–Kier alpha value is -0.570. The Bertz CT molecular complexity index is 201. The Morgan fingerprint density at radius 3 is 2.92 bits per heavy atom. The van der Waals surface area contributed by atoms with Crippen LogP contribution in [0, 0.1) is 5.92 Å². The quantitative estimate of drug-likeness (QED) is 0.640. The molecule has 2 fully saturated rings. The number of rotatable bonds is 2. The molecule has 1 saturated heterocycles. The Balaban J connectivity index is 1.85. The maximum atomic E-state index is 11.7. The molecule has 1 unspecified atom stereocenters. The van der Waals surface area contributed by atoms with Gasteiger partial charge in [-0.3, -0.25) is 4.79 Å². The Morgan fingerprint density at radius 1 is 1.54 bits per heavy atom. The monoisotopic (exact) mass is 183 g/mol. The summed E-state index contributed by atoms with van der Waals surface area (Å²) in [7, 11) is 0. The van der Waals surface area contributed by atoms with Crippen molar-refractivity contribution < 1.29 is 9.53 Å². The number of carbonyl (C=O) groups excluding carboxylic acids is 1. The molecule has 2 rings (SSSR count). The largest absolute Gasteiger partial charge is 0.377 e. The van der Waals surface area contributed by atoms with Gasteiger partial charge in [0.1, 0.15) is 0 Å². The molecular weight excluding hydrogens is 166 g/mol. The molecule has 1 amide bonds. The van der Waals surface area contributed by atoms with Crippen molar-refractivity contribution in [2.24, 2.45) is 5.92 Å². The molecule has 0 aromatic carbocycles. The zero-order chi connectivity index (χ0) is 9.26. The standard InChI is InChI=1S/C10H17NO2/c1-8-7-13-5-4-11(8)10(12)6-9-2-3-9/h8-9H,2-7H2,1H3. The fourth-order valence-corrected chi connectivity index (χ4v) is 1.78. The molecule has 2 aliphatic rings. The Labute approximate surface area is 79.0 Å². The first-order chi connectivity index (χ1) is 6.27. The molecule has 0 N–H and O–H groups in total. The maximum Gasteiger partial charge on any atom is 0.223 e. The molecular formula is C10H17NO2. The van der Waals surface area contributed by atoms with Gasteiger partial charge < -0.3 is 9.64 Å². The minimum absolute atomic E-state index is 0.278. The highest BCUT2D eigenvalue weighted by atomic mass is 16.5. The molecule has 0 aromatic heterocycles. The van der Waals surface area contributed by atoms with Crippen molar-refractivity contribution in [3.8, 4) is 0 Å². The van der Waals surface area contributed by atoms with Crippen LogP contribution in [0.4, 0.5) is 0 Å². The van der Waals surface area contributed by atoms with Crippen LogP contribution in [-0.4, -0.2) is 36.6 Å². The summed E-state index contributed by atoms with van der Waals surface area (Å²) < 4.78 is 5.29. The van der Waals surface area contributed by atoms with Crippen LogP contribution < -0.4 is 0 Å². The summed E-state index contributed by atoms with van der Waals surface area (Å²) in [6.07, 6.45) is 3.28. The maximum absolute atomic E-state index is 11.7. The molecule has 13 heavy (non-hydrogen) atoms. The highest BCUT2D eigenvalue weighted by Crippen LogP contribution is 2.33. The van der Waals surface area contributed by atoms with E-state index in [9.17, 15) is 4.79 Å². The Kier molecular flexibility index (Phi) is 2.54. The molecule has 1 heterocycles. The highest BCUT2D eigenvalue weighted by Gasteiger charge is 2.29. The zero-order valence-corrected chi connectivity index (χ0v) is 8.16. The van der Waals surface area contributed by atoms with Gasteiger partial charge in [0, 0.05) is 13.0 Å². The number of hydrogen-bond donors (Lipinski definition) is 0. The van der Waals surface area contributed by atoms with E-state index in [-0.39, 0.29) is 6.04 Å². The number of morpholine rings is 1. The van der Waals surface area contributed by atoms with E-state index in [1.54, 1.807) is 0 Å². The van der Waals surface area contributed by atoms with E-state index in [0.717, 1.165) is 13.0 Å². The summed E-state index contributed by atoms with van der Waals surface area (Å²) in [6, 6.07) is 0.278. The van der Waals surface area contributed by atoms with E-state index >= 15 is 0 Å². The van der Waals surface area contributed by atoms with Crippen molar-refractivity contribution >= 4 is 5.91 Å². The van der Waals surface area contributed by atoms with E-state index in [2.05, 4.69) is 6.92 Å². The first-order valence-electron chi connectivity index (χ1n) is 5.14. The number of carbonyl (C=O) groups is 1. The van der Waals surface area contributed by atoms with Gasteiger partial charge in [-0.15, -0.1) is 0 Å². The molecule has 0 radical (unpaired) electrons. The molecule has 0 bridgehead atoms. The summed E-state index contributed by atoms with van der Waals surface area (Å²) in [5.41, 5.74) is 0. The topological polar surface area (TPSA) is 29.5 Å². The molecule has 74 valence electrons. The predicted molar refractivity (Wildman–Crippen MR) is 49.3 cm³/mol. The van der Waals surface area contributed by atoms with Crippen LogP contribution in [0.5, 0.6) is 0 Å². The lowest BCUT2D eigenvalue weighted by molar-refractivity contribution is -0.139. The van der Waals surface area contributed by atoms with Gasteiger partial charge in [0.25, 0.3) is 0 Å². The molecule has 1 atom stereocenters. The lowest BCUT2D eigenvalue weighted by Gasteiger charge is -2.33. The lowest BCUT2D eigenvalue weighted by Crippen LogP contribution is -2.47. The minimum atomic E-state index is 0.278. The van der Waals surface area contributed by atoms with E-state index < -0.39 is 0 Å². The normalized spacial score (nSPS) is 29.0. The smallest absolute Gasteiger partial charge is 0.223 e. The van der Waals surface area contributed by atoms with Crippen molar-refractivity contribution in [2.75, 3.05) is 19.8 Å². The fraction of sp³-hybridized carbons (Fsp3) is 0.900. The van der Waals surface area contributed by atoms with Gasteiger partial charge in [0.15, 0.2) is 0 Å². The molecule has 0 spiro atoms. The van der Waals surface area contributed by atoms with E-state index in [4.69, 9.17) is 4.74 Å². The zero-order valence-electron chi connectivity index (χ0n) is 8.16.